The standard InChI is InChI=1S/C13H16O5/c1-3-17-12(16)13(2,11(14)15)18-9-10-7-5-4-6-8-10/h4-8H,3,9H2,1-2H3,(H,14,15)/t13-/m0/s1. The number of rotatable bonds is 6. The van der Waals surface area contributed by atoms with Crippen LogP contribution < -0.4 is 0 Å². The molecule has 0 heterocycles. The average molecular weight is 252 g/mol. The summed E-state index contributed by atoms with van der Waals surface area (Å²) in [4.78, 5) is 22.7. The van der Waals surface area contributed by atoms with Gasteiger partial charge < -0.3 is 14.6 Å². The van der Waals surface area contributed by atoms with Crippen LogP contribution in [0.3, 0.4) is 0 Å². The fourth-order valence-electron chi connectivity index (χ4n) is 1.28. The number of hydrogen-bond acceptors (Lipinski definition) is 4. The zero-order valence-electron chi connectivity index (χ0n) is 10.4. The molecule has 1 aromatic rings. The Hall–Kier alpha value is -1.88. The molecule has 1 aromatic carbocycles. The lowest BCUT2D eigenvalue weighted by Crippen LogP contribution is -2.47. The molecule has 0 aromatic heterocycles. The second kappa shape index (κ2) is 6.16. The number of ether oxygens (including phenoxy) is 2. The van der Waals surface area contributed by atoms with E-state index in [1.54, 1.807) is 31.2 Å². The van der Waals surface area contributed by atoms with E-state index in [9.17, 15) is 9.59 Å². The van der Waals surface area contributed by atoms with Crippen molar-refractivity contribution in [2.24, 2.45) is 0 Å². The summed E-state index contributed by atoms with van der Waals surface area (Å²) in [5, 5.41) is 9.08. The molecule has 5 nitrogen and oxygen atoms in total. The summed E-state index contributed by atoms with van der Waals surface area (Å²) < 4.78 is 9.93. The van der Waals surface area contributed by atoms with Gasteiger partial charge in [-0.2, -0.15) is 0 Å². The van der Waals surface area contributed by atoms with Crippen LogP contribution in [0.1, 0.15) is 19.4 Å². The highest BCUT2D eigenvalue weighted by atomic mass is 16.6. The fourth-order valence-corrected chi connectivity index (χ4v) is 1.28. The zero-order valence-corrected chi connectivity index (χ0v) is 10.4. The van der Waals surface area contributed by atoms with Crippen LogP contribution >= 0.6 is 0 Å². The lowest BCUT2D eigenvalue weighted by Gasteiger charge is -2.22. The second-order valence-corrected chi connectivity index (χ2v) is 3.83. The first kappa shape index (κ1) is 14.2. The van der Waals surface area contributed by atoms with Crippen molar-refractivity contribution in [2.45, 2.75) is 26.1 Å². The highest BCUT2D eigenvalue weighted by molar-refractivity contribution is 6.02. The molecule has 0 aliphatic rings. The maximum atomic E-state index is 11.6. The molecule has 0 saturated carbocycles. The van der Waals surface area contributed by atoms with Gasteiger partial charge >= 0.3 is 11.9 Å². The molecule has 0 aliphatic carbocycles. The Morgan fingerprint density at radius 1 is 1.28 bits per heavy atom. The normalized spacial score (nSPS) is 13.7. The zero-order chi connectivity index (χ0) is 13.6. The highest BCUT2D eigenvalue weighted by Gasteiger charge is 2.44. The van der Waals surface area contributed by atoms with Gasteiger partial charge in [-0.15, -0.1) is 0 Å². The molecule has 1 rings (SSSR count). The first-order chi connectivity index (χ1) is 8.50. The number of hydrogen-bond donors (Lipinski definition) is 1. The quantitative estimate of drug-likeness (QED) is 0.615. The van der Waals surface area contributed by atoms with Crippen LogP contribution in [-0.4, -0.2) is 29.3 Å². The van der Waals surface area contributed by atoms with Crippen LogP contribution in [0, 0.1) is 0 Å². The Balaban J connectivity index is 2.75. The number of aliphatic carboxylic acids is 1. The van der Waals surface area contributed by atoms with Gasteiger partial charge in [0.05, 0.1) is 13.2 Å². The third-order valence-electron chi connectivity index (χ3n) is 2.44. The molecule has 0 fully saturated rings. The molecule has 1 atom stereocenters. The first-order valence-electron chi connectivity index (χ1n) is 5.59. The minimum Gasteiger partial charge on any atom is -0.479 e. The van der Waals surface area contributed by atoms with E-state index in [2.05, 4.69) is 0 Å². The molecule has 0 bridgehead atoms. The predicted molar refractivity (Wildman–Crippen MR) is 63.9 cm³/mol. The van der Waals surface area contributed by atoms with Gasteiger partial charge in [0.1, 0.15) is 0 Å². The summed E-state index contributed by atoms with van der Waals surface area (Å²) in [6.45, 7) is 2.94. The molecule has 0 aliphatic heterocycles. The summed E-state index contributed by atoms with van der Waals surface area (Å²) in [5.74, 6) is -2.26. The van der Waals surface area contributed by atoms with Crippen molar-refractivity contribution in [3.8, 4) is 0 Å². The number of carboxylic acids is 1. The van der Waals surface area contributed by atoms with Crippen LogP contribution in [0.15, 0.2) is 30.3 Å². The molecule has 0 amide bonds. The highest BCUT2D eigenvalue weighted by Crippen LogP contribution is 2.16. The van der Waals surface area contributed by atoms with Crippen LogP contribution in [-0.2, 0) is 25.7 Å². The molecule has 5 heteroatoms. The van der Waals surface area contributed by atoms with E-state index >= 15 is 0 Å². The number of benzene rings is 1. The lowest BCUT2D eigenvalue weighted by atomic mass is 10.1. The van der Waals surface area contributed by atoms with Crippen LogP contribution in [0.5, 0.6) is 0 Å². The molecule has 0 radical (unpaired) electrons. The summed E-state index contributed by atoms with van der Waals surface area (Å²) in [5.41, 5.74) is -1.19. The van der Waals surface area contributed by atoms with Crippen LogP contribution in [0.4, 0.5) is 0 Å². The Morgan fingerprint density at radius 2 is 1.89 bits per heavy atom. The smallest absolute Gasteiger partial charge is 0.349 e. The number of esters is 1. The van der Waals surface area contributed by atoms with E-state index < -0.39 is 17.5 Å². The average Bonchev–Trinajstić information content (AvgIpc) is 2.37. The third-order valence-corrected chi connectivity index (χ3v) is 2.44. The van der Waals surface area contributed by atoms with Crippen molar-refractivity contribution >= 4 is 11.9 Å². The molecule has 98 valence electrons. The van der Waals surface area contributed by atoms with Crippen LogP contribution in [0.25, 0.3) is 0 Å². The van der Waals surface area contributed by atoms with Gasteiger partial charge in [0.25, 0.3) is 5.60 Å². The van der Waals surface area contributed by atoms with Gasteiger partial charge in [-0.3, -0.25) is 0 Å². The topological polar surface area (TPSA) is 72.8 Å². The minimum atomic E-state index is -1.98. The van der Waals surface area contributed by atoms with E-state index in [1.807, 2.05) is 6.07 Å². The van der Waals surface area contributed by atoms with Crippen molar-refractivity contribution in [2.75, 3.05) is 6.61 Å². The van der Waals surface area contributed by atoms with E-state index in [-0.39, 0.29) is 13.2 Å². The predicted octanol–water partition coefficient (Wildman–Crippen LogP) is 1.61. The maximum absolute atomic E-state index is 11.6. The molecular weight excluding hydrogens is 236 g/mol. The van der Waals surface area contributed by atoms with Crippen molar-refractivity contribution in [1.82, 2.24) is 0 Å². The van der Waals surface area contributed by atoms with Gasteiger partial charge in [-0.05, 0) is 19.4 Å². The summed E-state index contributed by atoms with van der Waals surface area (Å²) in [6, 6.07) is 9.02. The van der Waals surface area contributed by atoms with Gasteiger partial charge in [0, 0.05) is 0 Å². The summed E-state index contributed by atoms with van der Waals surface area (Å²) >= 11 is 0. The molecular formula is C13H16O5. The summed E-state index contributed by atoms with van der Waals surface area (Å²) in [7, 11) is 0. The first-order valence-corrected chi connectivity index (χ1v) is 5.59. The second-order valence-electron chi connectivity index (χ2n) is 3.83. The number of carbonyl (C=O) groups is 2. The van der Waals surface area contributed by atoms with E-state index in [4.69, 9.17) is 14.6 Å². The van der Waals surface area contributed by atoms with Crippen molar-refractivity contribution < 1.29 is 24.2 Å². The van der Waals surface area contributed by atoms with Crippen molar-refractivity contribution in [3.63, 3.8) is 0 Å². The number of carbonyl (C=O) groups excluding carboxylic acids is 1. The van der Waals surface area contributed by atoms with Crippen LogP contribution in [0.2, 0.25) is 0 Å². The Kier molecular flexibility index (Phi) is 4.85. The Morgan fingerprint density at radius 3 is 2.39 bits per heavy atom. The Labute approximate surface area is 105 Å². The van der Waals surface area contributed by atoms with Crippen molar-refractivity contribution in [3.05, 3.63) is 35.9 Å². The Bertz CT molecular complexity index is 415. The molecule has 0 unspecified atom stereocenters. The molecule has 0 saturated heterocycles. The third kappa shape index (κ3) is 3.30. The molecule has 18 heavy (non-hydrogen) atoms. The van der Waals surface area contributed by atoms with Crippen molar-refractivity contribution in [1.29, 1.82) is 0 Å². The lowest BCUT2D eigenvalue weighted by molar-refractivity contribution is -0.186. The SMILES string of the molecule is CCOC(=O)[C@@](C)(OCc1ccccc1)C(=O)O. The van der Waals surface area contributed by atoms with Gasteiger partial charge in [0.15, 0.2) is 0 Å². The van der Waals surface area contributed by atoms with Gasteiger partial charge in [0.2, 0.25) is 0 Å². The van der Waals surface area contributed by atoms with E-state index in [0.29, 0.717) is 0 Å². The summed E-state index contributed by atoms with van der Waals surface area (Å²) in [6.07, 6.45) is 0. The van der Waals surface area contributed by atoms with Gasteiger partial charge in [-0.25, -0.2) is 9.59 Å². The largest absolute Gasteiger partial charge is 0.479 e. The van der Waals surface area contributed by atoms with E-state index in [0.717, 1.165) is 5.56 Å². The van der Waals surface area contributed by atoms with Gasteiger partial charge in [-0.1, -0.05) is 30.3 Å². The monoisotopic (exact) mass is 252 g/mol. The molecule has 0 spiro atoms. The fraction of sp³-hybridized carbons (Fsp3) is 0.385. The molecule has 1 N–H and O–H groups in total. The minimum absolute atomic E-state index is 0.0302. The number of carboxylic acid groups (broad SMARTS) is 1. The van der Waals surface area contributed by atoms with E-state index in [1.165, 1.54) is 6.92 Å². The maximum Gasteiger partial charge on any atom is 0.349 e.